The molecule has 1 saturated heterocycles. The second kappa shape index (κ2) is 11.2. The predicted molar refractivity (Wildman–Crippen MR) is 147 cm³/mol. The number of nitrogens with zero attached hydrogens (tertiary/aromatic N) is 4. The van der Waals surface area contributed by atoms with Crippen LogP contribution in [0, 0.1) is 11.6 Å². The summed E-state index contributed by atoms with van der Waals surface area (Å²) in [6.45, 7) is 6.50. The molecule has 0 aliphatic carbocycles. The van der Waals surface area contributed by atoms with Crippen LogP contribution in [0.25, 0.3) is 0 Å². The number of methoxy groups -OCH3 is 1. The molecule has 0 N–H and O–H groups in total. The number of carbonyl (C=O) groups excluding carboxylic acids is 1. The molecule has 0 radical (unpaired) electrons. The van der Waals surface area contributed by atoms with Gasteiger partial charge in [-0.3, -0.25) is 9.69 Å². The molecule has 0 spiro atoms. The fourth-order valence-corrected chi connectivity index (χ4v) is 5.81. The van der Waals surface area contributed by atoms with E-state index in [0.717, 1.165) is 32.4 Å². The number of ether oxygens (including phenoxy) is 1. The first kappa shape index (κ1) is 26.9. The Morgan fingerprint density at radius 2 is 1.56 bits per heavy atom. The van der Waals surface area contributed by atoms with Crippen LogP contribution in [-0.4, -0.2) is 59.3 Å². The Morgan fingerprint density at radius 3 is 2.08 bits per heavy atom. The first-order chi connectivity index (χ1) is 18.8. The van der Waals surface area contributed by atoms with Crippen LogP contribution < -0.4 is 4.74 Å². The third-order valence-corrected chi connectivity index (χ3v) is 8.16. The van der Waals surface area contributed by atoms with Gasteiger partial charge in [0.15, 0.2) is 5.54 Å². The summed E-state index contributed by atoms with van der Waals surface area (Å²) < 4.78 is 32.7. The Labute approximate surface area is 228 Å². The molecule has 1 aromatic heterocycles. The van der Waals surface area contributed by atoms with Crippen molar-refractivity contribution in [3.63, 3.8) is 0 Å². The zero-order valence-electron chi connectivity index (χ0n) is 22.6. The van der Waals surface area contributed by atoms with Gasteiger partial charge in [0.05, 0.1) is 7.11 Å². The number of aliphatic imine (C=N–C) groups is 1. The van der Waals surface area contributed by atoms with Gasteiger partial charge >= 0.3 is 0 Å². The molecule has 5 rings (SSSR count). The summed E-state index contributed by atoms with van der Waals surface area (Å²) in [5.41, 5.74) is 1.01. The van der Waals surface area contributed by atoms with Crippen LogP contribution in [0.4, 0.5) is 8.78 Å². The van der Waals surface area contributed by atoms with E-state index >= 15 is 0 Å². The number of hydrogen-bond donors (Lipinski definition) is 0. The minimum absolute atomic E-state index is 0.198. The highest BCUT2D eigenvalue weighted by molar-refractivity contribution is 6.09. The molecule has 3 aromatic rings. The molecule has 1 atom stereocenters. The van der Waals surface area contributed by atoms with Gasteiger partial charge in [-0.15, -0.1) is 0 Å². The molecule has 1 amide bonds. The molecular weight excluding hydrogens is 498 g/mol. The van der Waals surface area contributed by atoms with Gasteiger partial charge in [-0.05, 0) is 93.1 Å². The summed E-state index contributed by atoms with van der Waals surface area (Å²) in [6.07, 6.45) is 4.81. The van der Waals surface area contributed by atoms with Crippen molar-refractivity contribution >= 4 is 11.7 Å². The fraction of sp³-hybridized carbons (Fsp3) is 0.387. The van der Waals surface area contributed by atoms with Crippen molar-refractivity contribution in [2.24, 2.45) is 4.99 Å². The van der Waals surface area contributed by atoms with Gasteiger partial charge in [0, 0.05) is 24.8 Å². The number of piperidine rings is 1. The summed E-state index contributed by atoms with van der Waals surface area (Å²) in [5, 5.41) is 0. The first-order valence-electron chi connectivity index (χ1n) is 13.5. The summed E-state index contributed by atoms with van der Waals surface area (Å²) in [5.74, 6) is 0.729. The third-order valence-electron chi connectivity index (χ3n) is 8.16. The zero-order chi connectivity index (χ0) is 27.6. The van der Waals surface area contributed by atoms with E-state index in [1.807, 2.05) is 19.2 Å². The standard InChI is InChI=1S/C31H34F2N4O2/c1-21(36-17-15-23(16-18-36)24-4-13-29(39-3)34-20-24)14-19-37-22(2)35-31(30(37)38,25-5-9-27(32)10-6-25)26-7-11-28(33)12-8-26/h4-13,20-21,23H,14-19H2,1-3H3. The van der Waals surface area contributed by atoms with Crippen LogP contribution in [0.1, 0.15) is 55.7 Å². The Balaban J connectivity index is 1.26. The van der Waals surface area contributed by atoms with E-state index in [1.54, 1.807) is 36.3 Å². The molecule has 6 nitrogen and oxygen atoms in total. The van der Waals surface area contributed by atoms with Crippen LogP contribution in [0.5, 0.6) is 5.88 Å². The van der Waals surface area contributed by atoms with E-state index in [-0.39, 0.29) is 11.9 Å². The van der Waals surface area contributed by atoms with Gasteiger partial charge in [0.25, 0.3) is 5.91 Å². The summed E-state index contributed by atoms with van der Waals surface area (Å²) in [6, 6.07) is 16.0. The monoisotopic (exact) mass is 532 g/mol. The van der Waals surface area contributed by atoms with E-state index in [2.05, 4.69) is 22.9 Å². The predicted octanol–water partition coefficient (Wildman–Crippen LogP) is 5.53. The SMILES string of the molecule is COc1ccc(C2CCN(C(C)CCN3C(=O)C(c4ccc(F)cc4)(c4ccc(F)cc4)N=C3C)CC2)cn1. The molecule has 39 heavy (non-hydrogen) atoms. The smallest absolute Gasteiger partial charge is 0.265 e. The van der Waals surface area contributed by atoms with Gasteiger partial charge in [0.1, 0.15) is 17.5 Å². The number of amides is 1. The molecule has 0 saturated carbocycles. The zero-order valence-corrected chi connectivity index (χ0v) is 22.6. The van der Waals surface area contributed by atoms with Crippen LogP contribution in [0.15, 0.2) is 71.9 Å². The second-order valence-corrected chi connectivity index (χ2v) is 10.4. The maximum atomic E-state index is 14.0. The lowest BCUT2D eigenvalue weighted by atomic mass is 9.82. The van der Waals surface area contributed by atoms with Gasteiger partial charge < -0.3 is 9.64 Å². The lowest BCUT2D eigenvalue weighted by Crippen LogP contribution is -2.44. The highest BCUT2D eigenvalue weighted by Crippen LogP contribution is 2.40. The normalized spacial score (nSPS) is 18.7. The molecular formula is C31H34F2N4O2. The summed E-state index contributed by atoms with van der Waals surface area (Å²) >= 11 is 0. The van der Waals surface area contributed by atoms with E-state index in [9.17, 15) is 13.6 Å². The number of pyridine rings is 1. The summed E-state index contributed by atoms with van der Waals surface area (Å²) in [7, 11) is 1.62. The number of benzene rings is 2. The highest BCUT2D eigenvalue weighted by atomic mass is 19.1. The number of carbonyl (C=O) groups is 1. The minimum Gasteiger partial charge on any atom is -0.481 e. The number of amidine groups is 1. The van der Waals surface area contributed by atoms with Gasteiger partial charge in [-0.1, -0.05) is 30.3 Å². The lowest BCUT2D eigenvalue weighted by molar-refractivity contribution is -0.130. The average molecular weight is 533 g/mol. The Kier molecular flexibility index (Phi) is 7.75. The molecule has 8 heteroatoms. The molecule has 1 fully saturated rings. The van der Waals surface area contributed by atoms with Gasteiger partial charge in [-0.2, -0.15) is 0 Å². The van der Waals surface area contributed by atoms with E-state index in [0.29, 0.717) is 35.3 Å². The molecule has 2 aliphatic heterocycles. The van der Waals surface area contributed by atoms with Crippen molar-refractivity contribution in [3.8, 4) is 5.88 Å². The van der Waals surface area contributed by atoms with E-state index < -0.39 is 17.2 Å². The largest absolute Gasteiger partial charge is 0.481 e. The molecule has 3 heterocycles. The average Bonchev–Trinajstić information content (AvgIpc) is 3.22. The topological polar surface area (TPSA) is 58.0 Å². The molecule has 0 bridgehead atoms. The minimum atomic E-state index is -1.36. The second-order valence-electron chi connectivity index (χ2n) is 10.4. The van der Waals surface area contributed by atoms with Crippen molar-refractivity contribution < 1.29 is 18.3 Å². The molecule has 2 aromatic carbocycles. The summed E-state index contributed by atoms with van der Waals surface area (Å²) in [4.78, 5) is 27.4. The van der Waals surface area contributed by atoms with Gasteiger partial charge in [-0.25, -0.2) is 18.8 Å². The maximum Gasteiger partial charge on any atom is 0.265 e. The van der Waals surface area contributed by atoms with Crippen molar-refractivity contribution in [1.29, 1.82) is 0 Å². The van der Waals surface area contributed by atoms with Crippen LogP contribution in [-0.2, 0) is 10.3 Å². The number of hydrogen-bond acceptors (Lipinski definition) is 5. The third kappa shape index (κ3) is 5.30. The Morgan fingerprint density at radius 1 is 0.974 bits per heavy atom. The highest BCUT2D eigenvalue weighted by Gasteiger charge is 2.50. The van der Waals surface area contributed by atoms with Gasteiger partial charge in [0.2, 0.25) is 5.88 Å². The first-order valence-corrected chi connectivity index (χ1v) is 13.5. The van der Waals surface area contributed by atoms with Crippen LogP contribution in [0.3, 0.4) is 0 Å². The maximum absolute atomic E-state index is 14.0. The Bertz CT molecular complexity index is 1270. The van der Waals surface area contributed by atoms with Crippen molar-refractivity contribution in [2.45, 2.75) is 50.6 Å². The van der Waals surface area contributed by atoms with E-state index in [1.165, 1.54) is 29.8 Å². The molecule has 204 valence electrons. The number of aromatic nitrogens is 1. The lowest BCUT2D eigenvalue weighted by Gasteiger charge is -2.37. The number of likely N-dealkylation sites (tertiary alicyclic amines) is 1. The Hall–Kier alpha value is -3.65. The fourth-order valence-electron chi connectivity index (χ4n) is 5.81. The van der Waals surface area contributed by atoms with Crippen molar-refractivity contribution in [3.05, 3.63) is 95.2 Å². The van der Waals surface area contributed by atoms with Crippen LogP contribution in [0.2, 0.25) is 0 Å². The number of rotatable bonds is 8. The van der Waals surface area contributed by atoms with Crippen LogP contribution >= 0.6 is 0 Å². The van der Waals surface area contributed by atoms with Crippen molar-refractivity contribution in [2.75, 3.05) is 26.7 Å². The van der Waals surface area contributed by atoms with Crippen molar-refractivity contribution in [1.82, 2.24) is 14.8 Å². The van der Waals surface area contributed by atoms with E-state index in [4.69, 9.17) is 9.73 Å². The quantitative estimate of drug-likeness (QED) is 0.383. The molecule has 2 aliphatic rings. The molecule has 1 unspecified atom stereocenters. The number of halogens is 2.